The van der Waals surface area contributed by atoms with E-state index in [-0.39, 0.29) is 11.1 Å². The fraction of sp³-hybridized carbons (Fsp3) is 0.0556. The predicted molar refractivity (Wildman–Crippen MR) is 84.1 cm³/mol. The van der Waals surface area contributed by atoms with Crippen LogP contribution in [0.5, 0.6) is 0 Å². The number of nitrogens with one attached hydrogen (secondary N) is 1. The second-order valence-electron chi connectivity index (χ2n) is 5.14. The molecule has 0 saturated carbocycles. The van der Waals surface area contributed by atoms with Crippen molar-refractivity contribution in [1.29, 1.82) is 5.26 Å². The summed E-state index contributed by atoms with van der Waals surface area (Å²) in [6.45, 7) is 0. The number of hydrogen-bond acceptors (Lipinski definition) is 4. The minimum atomic E-state index is -1.23. The number of oxazole rings is 1. The smallest absolute Gasteiger partial charge is 0.252 e. The van der Waals surface area contributed by atoms with Crippen LogP contribution in [0.15, 0.2) is 59.5 Å². The zero-order chi connectivity index (χ0) is 17.8. The lowest BCUT2D eigenvalue weighted by atomic mass is 10.1. The van der Waals surface area contributed by atoms with Crippen molar-refractivity contribution in [1.82, 2.24) is 10.3 Å². The predicted octanol–water partition coefficient (Wildman–Crippen LogP) is 3.61. The van der Waals surface area contributed by atoms with Gasteiger partial charge in [-0.15, -0.1) is 0 Å². The maximum atomic E-state index is 13.8. The highest BCUT2D eigenvalue weighted by Gasteiger charge is 2.19. The Morgan fingerprint density at radius 1 is 1.20 bits per heavy atom. The Kier molecular flexibility index (Phi) is 4.53. The van der Waals surface area contributed by atoms with Crippen molar-refractivity contribution in [3.05, 3.63) is 77.8 Å². The van der Waals surface area contributed by atoms with Gasteiger partial charge in [0.15, 0.2) is 12.2 Å². The molecule has 0 spiro atoms. The molecule has 0 unspecified atom stereocenters. The highest BCUT2D eigenvalue weighted by atomic mass is 19.1. The highest BCUT2D eigenvalue weighted by molar-refractivity contribution is 5.95. The summed E-state index contributed by atoms with van der Waals surface area (Å²) in [7, 11) is 0. The van der Waals surface area contributed by atoms with E-state index in [2.05, 4.69) is 10.3 Å². The average molecular weight is 339 g/mol. The zero-order valence-electron chi connectivity index (χ0n) is 12.7. The summed E-state index contributed by atoms with van der Waals surface area (Å²) in [5.41, 5.74) is 0.914. The number of benzene rings is 2. The molecule has 3 rings (SSSR count). The summed E-state index contributed by atoms with van der Waals surface area (Å²) in [4.78, 5) is 16.1. The lowest BCUT2D eigenvalue weighted by molar-refractivity contribution is 0.0944. The molecule has 5 nitrogen and oxygen atoms in total. The van der Waals surface area contributed by atoms with Crippen molar-refractivity contribution in [2.75, 3.05) is 0 Å². The number of nitrogens with zero attached hydrogens (tertiary/aromatic N) is 2. The summed E-state index contributed by atoms with van der Waals surface area (Å²) in [6, 6.07) is 9.80. The second kappa shape index (κ2) is 6.93. The number of carbonyl (C=O) groups excluding carboxylic acids is 1. The molecule has 0 radical (unpaired) electrons. The molecule has 1 amide bonds. The summed E-state index contributed by atoms with van der Waals surface area (Å²) < 4.78 is 31.9. The number of nitriles is 1. The number of halogens is 2. The summed E-state index contributed by atoms with van der Waals surface area (Å²) in [6.07, 6.45) is 2.84. The average Bonchev–Trinajstić information content (AvgIpc) is 3.15. The van der Waals surface area contributed by atoms with Gasteiger partial charge < -0.3 is 9.73 Å². The van der Waals surface area contributed by atoms with Gasteiger partial charge >= 0.3 is 0 Å². The van der Waals surface area contributed by atoms with Crippen molar-refractivity contribution < 1.29 is 18.0 Å². The molecule has 1 aromatic heterocycles. The first-order valence-corrected chi connectivity index (χ1v) is 7.23. The van der Waals surface area contributed by atoms with Gasteiger partial charge in [-0.05, 0) is 18.2 Å². The lowest BCUT2D eigenvalue weighted by Gasteiger charge is -2.13. The molecule has 0 aliphatic rings. The van der Waals surface area contributed by atoms with Crippen molar-refractivity contribution in [3.63, 3.8) is 0 Å². The van der Waals surface area contributed by atoms with Crippen LogP contribution in [0.2, 0.25) is 0 Å². The third kappa shape index (κ3) is 3.53. The molecule has 25 heavy (non-hydrogen) atoms. The van der Waals surface area contributed by atoms with Gasteiger partial charge in [0.25, 0.3) is 5.91 Å². The number of amides is 1. The molecule has 0 bridgehead atoms. The Balaban J connectivity index is 1.77. The molecule has 0 aliphatic heterocycles. The van der Waals surface area contributed by atoms with Crippen LogP contribution < -0.4 is 5.32 Å². The standard InChI is InChI=1S/C18H11F2N3O2/c19-13-5-6-14(15(20)7-13)16(8-21)23-18(24)12-3-1-11(2-4-12)17-9-22-10-25-17/h1-7,9-10,16H,(H,23,24)/t16-/m1/s1. The Labute approximate surface area is 141 Å². The number of aromatic nitrogens is 1. The van der Waals surface area contributed by atoms with Gasteiger partial charge in [-0.1, -0.05) is 18.2 Å². The Bertz CT molecular complexity index is 932. The summed E-state index contributed by atoms with van der Waals surface area (Å²) in [5.74, 6) is -1.66. The maximum Gasteiger partial charge on any atom is 0.252 e. The lowest BCUT2D eigenvalue weighted by Crippen LogP contribution is -2.28. The minimum Gasteiger partial charge on any atom is -0.444 e. The van der Waals surface area contributed by atoms with Crippen LogP contribution in [0.4, 0.5) is 8.78 Å². The Morgan fingerprint density at radius 2 is 1.96 bits per heavy atom. The molecule has 1 N–H and O–H groups in total. The molecular formula is C18H11F2N3O2. The highest BCUT2D eigenvalue weighted by Crippen LogP contribution is 2.21. The maximum absolute atomic E-state index is 13.8. The van der Waals surface area contributed by atoms with Crippen LogP contribution in [-0.4, -0.2) is 10.9 Å². The fourth-order valence-corrected chi connectivity index (χ4v) is 2.27. The van der Waals surface area contributed by atoms with Crippen LogP contribution in [0.3, 0.4) is 0 Å². The molecule has 3 aromatic rings. The van der Waals surface area contributed by atoms with E-state index in [9.17, 15) is 18.8 Å². The minimum absolute atomic E-state index is 0.101. The first-order valence-electron chi connectivity index (χ1n) is 7.23. The van der Waals surface area contributed by atoms with E-state index in [1.54, 1.807) is 30.3 Å². The first kappa shape index (κ1) is 16.3. The van der Waals surface area contributed by atoms with E-state index < -0.39 is 23.6 Å². The van der Waals surface area contributed by atoms with Gasteiger partial charge in [0.2, 0.25) is 0 Å². The second-order valence-corrected chi connectivity index (χ2v) is 5.14. The zero-order valence-corrected chi connectivity index (χ0v) is 12.7. The van der Waals surface area contributed by atoms with E-state index in [4.69, 9.17) is 4.42 Å². The SMILES string of the molecule is N#C[C@@H](NC(=O)c1ccc(-c2cnco2)cc1)c1ccc(F)cc1F. The van der Waals surface area contributed by atoms with Gasteiger partial charge in [0, 0.05) is 22.8 Å². The fourth-order valence-electron chi connectivity index (χ4n) is 2.27. The van der Waals surface area contributed by atoms with Crippen LogP contribution >= 0.6 is 0 Å². The van der Waals surface area contributed by atoms with Gasteiger partial charge in [-0.2, -0.15) is 5.26 Å². The van der Waals surface area contributed by atoms with Crippen molar-refractivity contribution in [2.45, 2.75) is 6.04 Å². The first-order chi connectivity index (χ1) is 12.1. The van der Waals surface area contributed by atoms with E-state index in [0.29, 0.717) is 11.8 Å². The molecule has 1 heterocycles. The van der Waals surface area contributed by atoms with E-state index in [1.165, 1.54) is 12.6 Å². The molecular weight excluding hydrogens is 328 g/mol. The molecule has 7 heteroatoms. The largest absolute Gasteiger partial charge is 0.444 e. The van der Waals surface area contributed by atoms with Crippen molar-refractivity contribution in [2.24, 2.45) is 0 Å². The third-order valence-corrected chi connectivity index (χ3v) is 3.54. The number of carbonyl (C=O) groups is 1. The van der Waals surface area contributed by atoms with Crippen LogP contribution in [0, 0.1) is 23.0 Å². The van der Waals surface area contributed by atoms with Gasteiger partial charge in [-0.3, -0.25) is 4.79 Å². The van der Waals surface area contributed by atoms with Crippen molar-refractivity contribution >= 4 is 5.91 Å². The van der Waals surface area contributed by atoms with E-state index >= 15 is 0 Å². The molecule has 0 saturated heterocycles. The number of rotatable bonds is 4. The van der Waals surface area contributed by atoms with Crippen LogP contribution in [-0.2, 0) is 0 Å². The Morgan fingerprint density at radius 3 is 2.56 bits per heavy atom. The third-order valence-electron chi connectivity index (χ3n) is 3.54. The van der Waals surface area contributed by atoms with Gasteiger partial charge in [0.1, 0.15) is 17.7 Å². The van der Waals surface area contributed by atoms with Crippen LogP contribution in [0.25, 0.3) is 11.3 Å². The normalized spacial score (nSPS) is 11.6. The molecule has 124 valence electrons. The van der Waals surface area contributed by atoms with Gasteiger partial charge in [-0.25, -0.2) is 13.8 Å². The summed E-state index contributed by atoms with van der Waals surface area (Å²) in [5, 5.41) is 11.6. The number of hydrogen-bond donors (Lipinski definition) is 1. The molecule has 1 atom stereocenters. The summed E-state index contributed by atoms with van der Waals surface area (Å²) >= 11 is 0. The Hall–Kier alpha value is -3.53. The molecule has 0 aliphatic carbocycles. The van der Waals surface area contributed by atoms with Gasteiger partial charge in [0.05, 0.1) is 12.3 Å². The van der Waals surface area contributed by atoms with Crippen LogP contribution in [0.1, 0.15) is 22.0 Å². The quantitative estimate of drug-likeness (QED) is 0.787. The van der Waals surface area contributed by atoms with E-state index in [1.807, 2.05) is 0 Å². The van der Waals surface area contributed by atoms with Crippen molar-refractivity contribution in [3.8, 4) is 17.4 Å². The molecule has 0 fully saturated rings. The monoisotopic (exact) mass is 339 g/mol. The topological polar surface area (TPSA) is 78.9 Å². The van der Waals surface area contributed by atoms with E-state index in [0.717, 1.165) is 17.7 Å². The molecule has 2 aromatic carbocycles.